The molecule has 3 aromatic rings. The third-order valence-electron chi connectivity index (χ3n) is 3.66. The Hall–Kier alpha value is -2.47. The molecule has 0 bridgehead atoms. The summed E-state index contributed by atoms with van der Waals surface area (Å²) >= 11 is 3.36. The van der Waals surface area contributed by atoms with Gasteiger partial charge in [0.05, 0.1) is 6.42 Å². The largest absolute Gasteiger partial charge is 0.452 e. The first-order valence-corrected chi connectivity index (χ1v) is 8.65. The van der Waals surface area contributed by atoms with Crippen LogP contribution < -0.4 is 0 Å². The number of nitrogens with zero attached hydrogens (tertiary/aromatic N) is 2. The second kappa shape index (κ2) is 7.61. The summed E-state index contributed by atoms with van der Waals surface area (Å²) in [4.78, 5) is 12.1. The maximum absolute atomic E-state index is 12.1. The van der Waals surface area contributed by atoms with E-state index in [1.54, 1.807) is 6.92 Å². The minimum Gasteiger partial charge on any atom is -0.452 e. The van der Waals surface area contributed by atoms with Crippen molar-refractivity contribution in [2.75, 3.05) is 0 Å². The molecule has 0 unspecified atom stereocenters. The molecule has 6 heteroatoms. The van der Waals surface area contributed by atoms with Crippen LogP contribution in [0.3, 0.4) is 0 Å². The number of benzene rings is 2. The van der Waals surface area contributed by atoms with Gasteiger partial charge >= 0.3 is 5.97 Å². The minimum absolute atomic E-state index is 0.191. The normalized spacial score (nSPS) is 12.0. The molecule has 0 spiro atoms. The zero-order chi connectivity index (χ0) is 17.8. The molecule has 0 saturated carbocycles. The van der Waals surface area contributed by atoms with Crippen molar-refractivity contribution in [3.8, 4) is 11.5 Å². The fourth-order valence-corrected chi connectivity index (χ4v) is 2.53. The van der Waals surface area contributed by atoms with Gasteiger partial charge in [-0.1, -0.05) is 45.8 Å². The second-order valence-electron chi connectivity index (χ2n) is 5.75. The lowest BCUT2D eigenvalue weighted by molar-refractivity contribution is -0.148. The summed E-state index contributed by atoms with van der Waals surface area (Å²) < 4.78 is 12.0. The molecule has 5 nitrogen and oxygen atoms in total. The molecule has 3 rings (SSSR count). The molecule has 128 valence electrons. The number of hydrogen-bond acceptors (Lipinski definition) is 5. The van der Waals surface area contributed by atoms with Gasteiger partial charge in [0.25, 0.3) is 5.89 Å². The van der Waals surface area contributed by atoms with E-state index >= 15 is 0 Å². The van der Waals surface area contributed by atoms with Gasteiger partial charge in [0.15, 0.2) is 6.10 Å². The Morgan fingerprint density at radius 2 is 1.80 bits per heavy atom. The van der Waals surface area contributed by atoms with E-state index in [0.29, 0.717) is 5.89 Å². The van der Waals surface area contributed by atoms with Gasteiger partial charge in [-0.2, -0.15) is 0 Å². The van der Waals surface area contributed by atoms with Crippen molar-refractivity contribution in [3.05, 3.63) is 70.0 Å². The van der Waals surface area contributed by atoms with Crippen LogP contribution >= 0.6 is 15.9 Å². The Labute approximate surface area is 154 Å². The van der Waals surface area contributed by atoms with Crippen LogP contribution in [-0.4, -0.2) is 16.2 Å². The van der Waals surface area contributed by atoms with Crippen molar-refractivity contribution in [2.24, 2.45) is 0 Å². The number of aryl methyl sites for hydroxylation is 1. The summed E-state index contributed by atoms with van der Waals surface area (Å²) in [5.41, 5.74) is 2.86. The van der Waals surface area contributed by atoms with E-state index in [1.165, 1.54) is 0 Å². The van der Waals surface area contributed by atoms with E-state index in [9.17, 15) is 4.79 Å². The Bertz CT molecular complexity index is 857. The maximum Gasteiger partial charge on any atom is 0.311 e. The SMILES string of the molecule is Cc1ccc(-c2nnc([C@@H](C)OC(=O)Cc3ccc(Br)cc3)o2)cc1. The molecular weight excluding hydrogens is 384 g/mol. The van der Waals surface area contributed by atoms with Crippen molar-refractivity contribution >= 4 is 21.9 Å². The lowest BCUT2D eigenvalue weighted by Crippen LogP contribution is -2.11. The minimum atomic E-state index is -0.602. The van der Waals surface area contributed by atoms with Crippen LogP contribution in [-0.2, 0) is 16.0 Å². The second-order valence-corrected chi connectivity index (χ2v) is 6.66. The summed E-state index contributed by atoms with van der Waals surface area (Å²) in [5, 5.41) is 8.01. The highest BCUT2D eigenvalue weighted by molar-refractivity contribution is 9.10. The van der Waals surface area contributed by atoms with E-state index in [4.69, 9.17) is 9.15 Å². The van der Waals surface area contributed by atoms with Crippen LogP contribution in [0, 0.1) is 6.92 Å². The lowest BCUT2D eigenvalue weighted by Gasteiger charge is -2.09. The monoisotopic (exact) mass is 400 g/mol. The molecule has 2 aromatic carbocycles. The lowest BCUT2D eigenvalue weighted by atomic mass is 10.1. The van der Waals surface area contributed by atoms with Gasteiger partial charge < -0.3 is 9.15 Å². The summed E-state index contributed by atoms with van der Waals surface area (Å²) in [6.07, 6.45) is -0.411. The third kappa shape index (κ3) is 4.54. The van der Waals surface area contributed by atoms with Crippen molar-refractivity contribution in [1.29, 1.82) is 0 Å². The van der Waals surface area contributed by atoms with Crippen molar-refractivity contribution in [2.45, 2.75) is 26.4 Å². The number of hydrogen-bond donors (Lipinski definition) is 0. The summed E-state index contributed by atoms with van der Waals surface area (Å²) in [5.74, 6) is 0.343. The van der Waals surface area contributed by atoms with Crippen LogP contribution in [0.25, 0.3) is 11.5 Å². The number of carbonyl (C=O) groups is 1. The quantitative estimate of drug-likeness (QED) is 0.582. The van der Waals surface area contributed by atoms with Gasteiger partial charge in [-0.25, -0.2) is 0 Å². The third-order valence-corrected chi connectivity index (χ3v) is 4.19. The molecule has 0 amide bonds. The number of rotatable bonds is 5. The zero-order valence-corrected chi connectivity index (χ0v) is 15.5. The topological polar surface area (TPSA) is 65.2 Å². The zero-order valence-electron chi connectivity index (χ0n) is 13.9. The summed E-state index contributed by atoms with van der Waals surface area (Å²) in [7, 11) is 0. The van der Waals surface area contributed by atoms with Crippen LogP contribution in [0.1, 0.15) is 30.0 Å². The van der Waals surface area contributed by atoms with E-state index in [1.807, 2.05) is 55.5 Å². The fourth-order valence-electron chi connectivity index (χ4n) is 2.27. The predicted octanol–water partition coefficient (Wildman–Crippen LogP) is 4.65. The smallest absolute Gasteiger partial charge is 0.311 e. The van der Waals surface area contributed by atoms with Crippen LogP contribution in [0.15, 0.2) is 57.4 Å². The molecule has 25 heavy (non-hydrogen) atoms. The Morgan fingerprint density at radius 1 is 1.12 bits per heavy atom. The molecule has 0 saturated heterocycles. The Kier molecular flexibility index (Phi) is 5.28. The van der Waals surface area contributed by atoms with Gasteiger partial charge in [-0.15, -0.1) is 10.2 Å². The number of halogens is 1. The van der Waals surface area contributed by atoms with E-state index in [-0.39, 0.29) is 18.3 Å². The first-order valence-electron chi connectivity index (χ1n) is 7.85. The highest BCUT2D eigenvalue weighted by Gasteiger charge is 2.19. The summed E-state index contributed by atoms with van der Waals surface area (Å²) in [6.45, 7) is 3.72. The average Bonchev–Trinajstić information content (AvgIpc) is 3.08. The van der Waals surface area contributed by atoms with E-state index < -0.39 is 6.10 Å². The molecule has 0 radical (unpaired) electrons. The van der Waals surface area contributed by atoms with E-state index in [0.717, 1.165) is 21.2 Å². The first-order chi connectivity index (χ1) is 12.0. The van der Waals surface area contributed by atoms with Crippen LogP contribution in [0.2, 0.25) is 0 Å². The van der Waals surface area contributed by atoms with E-state index in [2.05, 4.69) is 26.1 Å². The number of carbonyl (C=O) groups excluding carboxylic acids is 1. The molecular formula is C19H17BrN2O3. The summed E-state index contributed by atoms with van der Waals surface area (Å²) in [6, 6.07) is 15.3. The molecule has 0 aliphatic carbocycles. The van der Waals surface area contributed by atoms with Crippen molar-refractivity contribution < 1.29 is 13.9 Å². The molecule has 0 fully saturated rings. The van der Waals surface area contributed by atoms with Crippen molar-refractivity contribution in [1.82, 2.24) is 10.2 Å². The average molecular weight is 401 g/mol. The number of aromatic nitrogens is 2. The fraction of sp³-hybridized carbons (Fsp3) is 0.211. The van der Waals surface area contributed by atoms with Crippen LogP contribution in [0.5, 0.6) is 0 Å². The van der Waals surface area contributed by atoms with Gasteiger partial charge in [0, 0.05) is 10.0 Å². The molecule has 1 heterocycles. The first kappa shape index (κ1) is 17.4. The molecule has 1 atom stereocenters. The Morgan fingerprint density at radius 3 is 2.48 bits per heavy atom. The maximum atomic E-state index is 12.1. The van der Waals surface area contributed by atoms with Gasteiger partial charge in [0.2, 0.25) is 5.89 Å². The van der Waals surface area contributed by atoms with Gasteiger partial charge in [-0.3, -0.25) is 4.79 Å². The van der Waals surface area contributed by atoms with Gasteiger partial charge in [-0.05, 0) is 43.7 Å². The molecule has 1 aromatic heterocycles. The molecule has 0 N–H and O–H groups in total. The molecule has 0 aliphatic heterocycles. The van der Waals surface area contributed by atoms with Crippen molar-refractivity contribution in [3.63, 3.8) is 0 Å². The Balaban J connectivity index is 1.63. The standard InChI is InChI=1S/C19H17BrN2O3/c1-12-3-7-15(8-4-12)19-22-21-18(25-19)13(2)24-17(23)11-14-5-9-16(20)10-6-14/h3-10,13H,11H2,1-2H3/t13-/m1/s1. The van der Waals surface area contributed by atoms with Crippen LogP contribution in [0.4, 0.5) is 0 Å². The predicted molar refractivity (Wildman–Crippen MR) is 96.8 cm³/mol. The molecule has 0 aliphatic rings. The number of esters is 1. The number of ether oxygens (including phenoxy) is 1. The highest BCUT2D eigenvalue weighted by Crippen LogP contribution is 2.23. The van der Waals surface area contributed by atoms with Gasteiger partial charge in [0.1, 0.15) is 0 Å². The highest BCUT2D eigenvalue weighted by atomic mass is 79.9.